The molecular weight excluding hydrogens is 238 g/mol. The maximum Gasteiger partial charge on any atom is 0.137 e. The Morgan fingerprint density at radius 1 is 1.41 bits per heavy atom. The molecule has 0 aliphatic heterocycles. The van der Waals surface area contributed by atoms with Crippen molar-refractivity contribution in [2.75, 3.05) is 19.0 Å². The molecule has 4 nitrogen and oxygen atoms in total. The predicted molar refractivity (Wildman–Crippen MR) is 70.5 cm³/mol. The van der Waals surface area contributed by atoms with Gasteiger partial charge in [0.2, 0.25) is 0 Å². The minimum atomic E-state index is 0.219. The van der Waals surface area contributed by atoms with E-state index in [2.05, 4.69) is 29.1 Å². The van der Waals surface area contributed by atoms with Crippen molar-refractivity contribution in [2.45, 2.75) is 33.2 Å². The van der Waals surface area contributed by atoms with E-state index in [0.29, 0.717) is 17.7 Å². The minimum Gasteiger partial charge on any atom is -0.383 e. The van der Waals surface area contributed by atoms with Crippen LogP contribution >= 0.6 is 11.6 Å². The lowest BCUT2D eigenvalue weighted by Gasteiger charge is -2.23. The van der Waals surface area contributed by atoms with E-state index < -0.39 is 0 Å². The average Bonchev–Trinajstić information content (AvgIpc) is 2.28. The van der Waals surface area contributed by atoms with Gasteiger partial charge in [-0.05, 0) is 12.3 Å². The molecule has 0 saturated heterocycles. The SMILES string of the molecule is CCc1c(Cl)ncnc1NC(COC)C(C)C. The Morgan fingerprint density at radius 2 is 2.12 bits per heavy atom. The van der Waals surface area contributed by atoms with Crippen molar-refractivity contribution in [1.29, 1.82) is 0 Å². The second-order valence-corrected chi connectivity index (χ2v) is 4.65. The van der Waals surface area contributed by atoms with Gasteiger partial charge in [0.05, 0.1) is 12.6 Å². The van der Waals surface area contributed by atoms with Crippen LogP contribution in [-0.4, -0.2) is 29.7 Å². The third kappa shape index (κ3) is 3.82. The van der Waals surface area contributed by atoms with Crippen molar-refractivity contribution in [2.24, 2.45) is 5.92 Å². The fourth-order valence-corrected chi connectivity index (χ4v) is 1.85. The topological polar surface area (TPSA) is 47.0 Å². The molecular formula is C12H20ClN3O. The fraction of sp³-hybridized carbons (Fsp3) is 0.667. The van der Waals surface area contributed by atoms with Crippen LogP contribution in [0.5, 0.6) is 0 Å². The van der Waals surface area contributed by atoms with Crippen LogP contribution in [0.1, 0.15) is 26.3 Å². The van der Waals surface area contributed by atoms with Gasteiger partial charge in [0.25, 0.3) is 0 Å². The Kier molecular flexibility index (Phi) is 5.65. The molecule has 96 valence electrons. The molecule has 0 radical (unpaired) electrons. The lowest BCUT2D eigenvalue weighted by molar-refractivity contribution is 0.171. The van der Waals surface area contributed by atoms with Crippen LogP contribution in [0.25, 0.3) is 0 Å². The summed E-state index contributed by atoms with van der Waals surface area (Å²) in [5.74, 6) is 1.26. The Morgan fingerprint density at radius 3 is 2.65 bits per heavy atom. The van der Waals surface area contributed by atoms with Crippen LogP contribution in [0.15, 0.2) is 6.33 Å². The smallest absolute Gasteiger partial charge is 0.137 e. The molecule has 0 bridgehead atoms. The van der Waals surface area contributed by atoms with Gasteiger partial charge < -0.3 is 10.1 Å². The summed E-state index contributed by atoms with van der Waals surface area (Å²) in [4.78, 5) is 8.24. The number of anilines is 1. The van der Waals surface area contributed by atoms with Crippen LogP contribution in [0.4, 0.5) is 5.82 Å². The predicted octanol–water partition coefficient (Wildman–Crippen LogP) is 2.78. The van der Waals surface area contributed by atoms with Crippen molar-refractivity contribution in [3.8, 4) is 0 Å². The number of rotatable bonds is 6. The van der Waals surface area contributed by atoms with Gasteiger partial charge >= 0.3 is 0 Å². The Bertz CT molecular complexity index is 358. The number of ether oxygens (including phenoxy) is 1. The van der Waals surface area contributed by atoms with Crippen LogP contribution in [0.3, 0.4) is 0 Å². The molecule has 0 saturated carbocycles. The van der Waals surface area contributed by atoms with Gasteiger partial charge in [-0.15, -0.1) is 0 Å². The summed E-state index contributed by atoms with van der Waals surface area (Å²) >= 11 is 6.05. The molecule has 1 aromatic rings. The van der Waals surface area contributed by atoms with E-state index >= 15 is 0 Å². The lowest BCUT2D eigenvalue weighted by Crippen LogP contribution is -2.31. The normalized spacial score (nSPS) is 12.8. The van der Waals surface area contributed by atoms with Crippen molar-refractivity contribution in [3.05, 3.63) is 17.0 Å². The minimum absolute atomic E-state index is 0.219. The monoisotopic (exact) mass is 257 g/mol. The van der Waals surface area contributed by atoms with Crippen LogP contribution in [0.2, 0.25) is 5.15 Å². The van der Waals surface area contributed by atoms with Crippen molar-refractivity contribution >= 4 is 17.4 Å². The number of nitrogens with one attached hydrogen (secondary N) is 1. The Hall–Kier alpha value is -0.870. The van der Waals surface area contributed by atoms with E-state index in [1.807, 2.05) is 6.92 Å². The zero-order valence-electron chi connectivity index (χ0n) is 10.8. The molecule has 17 heavy (non-hydrogen) atoms. The first-order valence-electron chi connectivity index (χ1n) is 5.85. The number of hydrogen-bond acceptors (Lipinski definition) is 4. The number of aromatic nitrogens is 2. The summed E-state index contributed by atoms with van der Waals surface area (Å²) in [6.45, 7) is 6.97. The maximum absolute atomic E-state index is 6.05. The van der Waals surface area contributed by atoms with Gasteiger partial charge in [-0.3, -0.25) is 0 Å². The van der Waals surface area contributed by atoms with Crippen LogP contribution in [0, 0.1) is 5.92 Å². The summed E-state index contributed by atoms with van der Waals surface area (Å²) in [6.07, 6.45) is 2.29. The van der Waals surface area contributed by atoms with Crippen LogP contribution in [-0.2, 0) is 11.2 Å². The Labute approximate surface area is 108 Å². The van der Waals surface area contributed by atoms with E-state index in [0.717, 1.165) is 17.8 Å². The maximum atomic E-state index is 6.05. The largest absolute Gasteiger partial charge is 0.383 e. The highest BCUT2D eigenvalue weighted by molar-refractivity contribution is 6.30. The molecule has 0 amide bonds. The molecule has 1 rings (SSSR count). The molecule has 1 aromatic heterocycles. The van der Waals surface area contributed by atoms with Gasteiger partial charge in [0.15, 0.2) is 0 Å². The van der Waals surface area contributed by atoms with E-state index in [1.165, 1.54) is 6.33 Å². The summed E-state index contributed by atoms with van der Waals surface area (Å²) in [5.41, 5.74) is 0.955. The first-order valence-corrected chi connectivity index (χ1v) is 6.22. The van der Waals surface area contributed by atoms with E-state index in [1.54, 1.807) is 7.11 Å². The number of nitrogens with zero attached hydrogens (tertiary/aromatic N) is 2. The standard InChI is InChI=1S/C12H20ClN3O/c1-5-9-11(13)14-7-15-12(9)16-10(6-17-4)8(2)3/h7-8,10H,5-6H2,1-4H3,(H,14,15,16). The van der Waals surface area contributed by atoms with Crippen LogP contribution < -0.4 is 5.32 Å². The zero-order chi connectivity index (χ0) is 12.8. The van der Waals surface area contributed by atoms with Gasteiger partial charge in [-0.25, -0.2) is 9.97 Å². The first-order chi connectivity index (χ1) is 8.10. The van der Waals surface area contributed by atoms with E-state index in [4.69, 9.17) is 16.3 Å². The second-order valence-electron chi connectivity index (χ2n) is 4.30. The number of methoxy groups -OCH3 is 1. The number of halogens is 1. The lowest BCUT2D eigenvalue weighted by atomic mass is 10.1. The van der Waals surface area contributed by atoms with Gasteiger partial charge in [0.1, 0.15) is 17.3 Å². The van der Waals surface area contributed by atoms with Gasteiger partial charge in [0, 0.05) is 12.7 Å². The van der Waals surface area contributed by atoms with Crippen molar-refractivity contribution in [1.82, 2.24) is 9.97 Å². The highest BCUT2D eigenvalue weighted by Gasteiger charge is 2.16. The molecule has 1 atom stereocenters. The molecule has 1 N–H and O–H groups in total. The summed E-state index contributed by atoms with van der Waals surface area (Å²) < 4.78 is 5.20. The third-order valence-electron chi connectivity index (χ3n) is 2.72. The van der Waals surface area contributed by atoms with Crippen molar-refractivity contribution < 1.29 is 4.74 Å². The number of hydrogen-bond donors (Lipinski definition) is 1. The average molecular weight is 258 g/mol. The summed E-state index contributed by atoms with van der Waals surface area (Å²) in [7, 11) is 1.70. The quantitative estimate of drug-likeness (QED) is 0.796. The molecule has 0 aliphatic rings. The summed E-state index contributed by atoms with van der Waals surface area (Å²) in [5, 5.41) is 3.90. The first kappa shape index (κ1) is 14.2. The highest BCUT2D eigenvalue weighted by Crippen LogP contribution is 2.22. The van der Waals surface area contributed by atoms with Gasteiger partial charge in [-0.1, -0.05) is 32.4 Å². The third-order valence-corrected chi connectivity index (χ3v) is 3.05. The molecule has 5 heteroatoms. The van der Waals surface area contributed by atoms with Gasteiger partial charge in [-0.2, -0.15) is 0 Å². The molecule has 0 aliphatic carbocycles. The molecule has 1 unspecified atom stereocenters. The Balaban J connectivity index is 2.88. The highest BCUT2D eigenvalue weighted by atomic mass is 35.5. The second kappa shape index (κ2) is 6.77. The summed E-state index contributed by atoms with van der Waals surface area (Å²) in [6, 6.07) is 0.219. The zero-order valence-corrected chi connectivity index (χ0v) is 11.6. The molecule has 1 heterocycles. The molecule has 0 fully saturated rings. The fourth-order valence-electron chi connectivity index (χ4n) is 1.58. The van der Waals surface area contributed by atoms with E-state index in [9.17, 15) is 0 Å². The molecule has 0 spiro atoms. The van der Waals surface area contributed by atoms with Crippen molar-refractivity contribution in [3.63, 3.8) is 0 Å². The van der Waals surface area contributed by atoms with E-state index in [-0.39, 0.29) is 6.04 Å². The molecule has 0 aromatic carbocycles.